The van der Waals surface area contributed by atoms with Crippen LogP contribution in [0.15, 0.2) is 0 Å². The molecular weight excluding hydrogens is 317 g/mol. The van der Waals surface area contributed by atoms with Gasteiger partial charge in [-0.2, -0.15) is 0 Å². The number of hydrogen-bond acceptors (Lipinski definition) is 3. The monoisotopic (exact) mass is 341 g/mol. The number of alkyl halides is 1. The standard InChI is InChI=1S/C12H24INO2/c1-10(13)16-9-8-14-6-4-11(5-7-14)12(2,3)15/h10-11,15H,4-9H2,1-3H3. The van der Waals surface area contributed by atoms with E-state index in [4.69, 9.17) is 4.74 Å². The molecular formula is C12H24INO2. The van der Waals surface area contributed by atoms with Crippen molar-refractivity contribution in [3.8, 4) is 0 Å². The molecule has 0 aromatic rings. The van der Waals surface area contributed by atoms with Crippen molar-refractivity contribution in [2.75, 3.05) is 26.2 Å². The number of piperidine rings is 1. The second-order valence-electron chi connectivity index (χ2n) is 5.18. The van der Waals surface area contributed by atoms with Crippen LogP contribution >= 0.6 is 22.6 Å². The van der Waals surface area contributed by atoms with Gasteiger partial charge < -0.3 is 14.7 Å². The van der Waals surface area contributed by atoms with E-state index >= 15 is 0 Å². The molecule has 0 aromatic carbocycles. The Labute approximate surface area is 113 Å². The molecule has 0 aromatic heterocycles. The van der Waals surface area contributed by atoms with Crippen molar-refractivity contribution in [3.05, 3.63) is 0 Å². The fraction of sp³-hybridized carbons (Fsp3) is 1.00. The van der Waals surface area contributed by atoms with Crippen LogP contribution in [0.4, 0.5) is 0 Å². The van der Waals surface area contributed by atoms with Gasteiger partial charge in [-0.15, -0.1) is 0 Å². The lowest BCUT2D eigenvalue weighted by Crippen LogP contribution is -2.42. The van der Waals surface area contributed by atoms with Crippen molar-refractivity contribution in [3.63, 3.8) is 0 Å². The van der Waals surface area contributed by atoms with Crippen LogP contribution in [0.2, 0.25) is 0 Å². The Balaban J connectivity index is 2.17. The van der Waals surface area contributed by atoms with Gasteiger partial charge in [0.15, 0.2) is 0 Å². The van der Waals surface area contributed by atoms with Crippen molar-refractivity contribution in [2.45, 2.75) is 43.3 Å². The summed E-state index contributed by atoms with van der Waals surface area (Å²) in [5.41, 5.74) is -0.515. The van der Waals surface area contributed by atoms with Gasteiger partial charge in [-0.05, 0) is 52.6 Å². The molecule has 1 saturated heterocycles. The van der Waals surface area contributed by atoms with Crippen molar-refractivity contribution < 1.29 is 9.84 Å². The third-order valence-electron chi connectivity index (χ3n) is 3.34. The molecule has 1 N–H and O–H groups in total. The van der Waals surface area contributed by atoms with Crippen molar-refractivity contribution >= 4 is 22.6 Å². The highest BCUT2D eigenvalue weighted by Crippen LogP contribution is 2.27. The zero-order valence-electron chi connectivity index (χ0n) is 10.6. The molecule has 1 aliphatic heterocycles. The van der Waals surface area contributed by atoms with Gasteiger partial charge in [0, 0.05) is 6.54 Å². The number of nitrogens with zero attached hydrogens (tertiary/aromatic N) is 1. The summed E-state index contributed by atoms with van der Waals surface area (Å²) >= 11 is 2.28. The first-order chi connectivity index (χ1) is 7.39. The second-order valence-corrected chi connectivity index (χ2v) is 6.94. The summed E-state index contributed by atoms with van der Waals surface area (Å²) in [6.45, 7) is 9.92. The zero-order valence-corrected chi connectivity index (χ0v) is 12.7. The van der Waals surface area contributed by atoms with Crippen LogP contribution in [0.5, 0.6) is 0 Å². The van der Waals surface area contributed by atoms with Crippen LogP contribution < -0.4 is 0 Å². The molecule has 0 bridgehead atoms. The molecule has 1 aliphatic rings. The lowest BCUT2D eigenvalue weighted by atomic mass is 9.83. The highest BCUT2D eigenvalue weighted by molar-refractivity contribution is 14.1. The Bertz CT molecular complexity index is 196. The summed E-state index contributed by atoms with van der Waals surface area (Å²) in [6, 6.07) is 0. The topological polar surface area (TPSA) is 32.7 Å². The average molecular weight is 341 g/mol. The highest BCUT2D eigenvalue weighted by Gasteiger charge is 2.30. The van der Waals surface area contributed by atoms with Gasteiger partial charge in [-0.1, -0.05) is 22.6 Å². The van der Waals surface area contributed by atoms with E-state index in [1.165, 1.54) is 0 Å². The Hall–Kier alpha value is 0.610. The van der Waals surface area contributed by atoms with Crippen molar-refractivity contribution in [2.24, 2.45) is 5.92 Å². The van der Waals surface area contributed by atoms with E-state index in [2.05, 4.69) is 34.4 Å². The molecule has 1 unspecified atom stereocenters. The molecule has 0 amide bonds. The van der Waals surface area contributed by atoms with E-state index in [-0.39, 0.29) is 0 Å². The molecule has 4 heteroatoms. The van der Waals surface area contributed by atoms with Crippen LogP contribution in [-0.2, 0) is 4.74 Å². The zero-order chi connectivity index (χ0) is 12.2. The largest absolute Gasteiger partial charge is 0.390 e. The summed E-state index contributed by atoms with van der Waals surface area (Å²) in [6.07, 6.45) is 2.20. The first kappa shape index (κ1) is 14.7. The Kier molecular flexibility index (Phi) is 5.98. The SMILES string of the molecule is CC(I)OCCN1CCC(C(C)(C)O)CC1. The predicted molar refractivity (Wildman–Crippen MR) is 74.9 cm³/mol. The predicted octanol–water partition coefficient (Wildman–Crippen LogP) is 2.27. The van der Waals surface area contributed by atoms with Crippen LogP contribution in [0.3, 0.4) is 0 Å². The van der Waals surface area contributed by atoms with Gasteiger partial charge >= 0.3 is 0 Å². The molecule has 0 radical (unpaired) electrons. The molecule has 1 atom stereocenters. The van der Waals surface area contributed by atoms with E-state index in [9.17, 15) is 5.11 Å². The maximum absolute atomic E-state index is 9.93. The molecule has 1 heterocycles. The van der Waals surface area contributed by atoms with Crippen LogP contribution in [0.25, 0.3) is 0 Å². The minimum atomic E-state index is -0.515. The van der Waals surface area contributed by atoms with Crippen molar-refractivity contribution in [1.82, 2.24) is 4.90 Å². The molecule has 3 nitrogen and oxygen atoms in total. The van der Waals surface area contributed by atoms with Gasteiger partial charge in [0.25, 0.3) is 0 Å². The summed E-state index contributed by atoms with van der Waals surface area (Å²) < 4.78 is 5.83. The normalized spacial score (nSPS) is 22.3. The van der Waals surface area contributed by atoms with Gasteiger partial charge in [0.2, 0.25) is 0 Å². The van der Waals surface area contributed by atoms with E-state index in [0.29, 0.717) is 10.0 Å². The second kappa shape index (κ2) is 6.52. The summed E-state index contributed by atoms with van der Waals surface area (Å²) in [5.74, 6) is 0.452. The molecule has 0 aliphatic carbocycles. The molecule has 16 heavy (non-hydrogen) atoms. The van der Waals surface area contributed by atoms with Gasteiger partial charge in [0.1, 0.15) is 4.11 Å². The lowest BCUT2D eigenvalue weighted by molar-refractivity contribution is -0.0161. The Morgan fingerprint density at radius 2 is 2.00 bits per heavy atom. The third kappa shape index (κ3) is 5.29. The third-order valence-corrected chi connectivity index (χ3v) is 3.70. The van der Waals surface area contributed by atoms with Crippen LogP contribution in [0.1, 0.15) is 33.6 Å². The molecule has 96 valence electrons. The molecule has 1 fully saturated rings. The first-order valence-electron chi connectivity index (χ1n) is 6.10. The number of rotatable bonds is 5. The number of aliphatic hydroxyl groups is 1. The number of halogens is 1. The number of ether oxygens (including phenoxy) is 1. The minimum absolute atomic E-state index is 0.298. The highest BCUT2D eigenvalue weighted by atomic mass is 127. The minimum Gasteiger partial charge on any atom is -0.390 e. The smallest absolute Gasteiger partial charge is 0.106 e. The fourth-order valence-corrected chi connectivity index (χ4v) is 2.46. The fourth-order valence-electron chi connectivity index (χ4n) is 2.21. The Morgan fingerprint density at radius 1 is 1.44 bits per heavy atom. The first-order valence-corrected chi connectivity index (χ1v) is 7.34. The number of likely N-dealkylation sites (tertiary alicyclic amines) is 1. The van der Waals surface area contributed by atoms with E-state index in [0.717, 1.165) is 39.1 Å². The number of hydrogen-bond donors (Lipinski definition) is 1. The Morgan fingerprint density at radius 3 is 2.44 bits per heavy atom. The van der Waals surface area contributed by atoms with E-state index in [1.54, 1.807) is 0 Å². The van der Waals surface area contributed by atoms with E-state index in [1.807, 2.05) is 13.8 Å². The average Bonchev–Trinajstić information content (AvgIpc) is 2.16. The van der Waals surface area contributed by atoms with Gasteiger partial charge in [0.05, 0.1) is 12.2 Å². The van der Waals surface area contributed by atoms with Crippen LogP contribution in [-0.4, -0.2) is 46.0 Å². The summed E-state index contributed by atoms with van der Waals surface area (Å²) in [7, 11) is 0. The van der Waals surface area contributed by atoms with Crippen molar-refractivity contribution in [1.29, 1.82) is 0 Å². The molecule has 0 spiro atoms. The maximum Gasteiger partial charge on any atom is 0.106 e. The summed E-state index contributed by atoms with van der Waals surface area (Å²) in [5, 5.41) is 9.93. The molecule has 1 rings (SSSR count). The van der Waals surface area contributed by atoms with E-state index < -0.39 is 5.60 Å². The summed E-state index contributed by atoms with van der Waals surface area (Å²) in [4.78, 5) is 2.43. The molecule has 0 saturated carbocycles. The van der Waals surface area contributed by atoms with Crippen LogP contribution in [0, 0.1) is 5.92 Å². The lowest BCUT2D eigenvalue weighted by Gasteiger charge is -2.37. The van der Waals surface area contributed by atoms with Gasteiger partial charge in [-0.25, -0.2) is 0 Å². The van der Waals surface area contributed by atoms with Gasteiger partial charge in [-0.3, -0.25) is 0 Å². The maximum atomic E-state index is 9.93. The quantitative estimate of drug-likeness (QED) is 0.615.